The van der Waals surface area contributed by atoms with E-state index in [4.69, 9.17) is 4.74 Å². The van der Waals surface area contributed by atoms with Crippen LogP contribution in [0.5, 0.6) is 0 Å². The molecular weight excluding hydrogens is 264 g/mol. The van der Waals surface area contributed by atoms with Gasteiger partial charge >= 0.3 is 0 Å². The number of hydrogen-bond acceptors (Lipinski definition) is 4. The van der Waals surface area contributed by atoms with E-state index in [0.717, 1.165) is 32.4 Å². The van der Waals surface area contributed by atoms with Crippen molar-refractivity contribution in [2.45, 2.75) is 39.2 Å². The molecule has 0 amide bonds. The second kappa shape index (κ2) is 8.19. The molecule has 1 heterocycles. The molecule has 1 saturated heterocycles. The molecule has 1 fully saturated rings. The van der Waals surface area contributed by atoms with Crippen LogP contribution in [0.4, 0.5) is 0 Å². The van der Waals surface area contributed by atoms with Gasteiger partial charge in [-0.05, 0) is 45.2 Å². The molecule has 1 unspecified atom stereocenters. The number of methoxy groups -OCH3 is 1. The van der Waals surface area contributed by atoms with Crippen LogP contribution in [0.25, 0.3) is 0 Å². The molecule has 1 rings (SSSR count). The minimum atomic E-state index is -3.16. The maximum Gasteiger partial charge on any atom is 0.214 e. The molecule has 1 N–H and O–H groups in total. The monoisotopic (exact) mass is 292 g/mol. The Kier molecular flexibility index (Phi) is 7.28. The lowest BCUT2D eigenvalue weighted by molar-refractivity contribution is 0.142. The summed E-state index contributed by atoms with van der Waals surface area (Å²) < 4.78 is 31.4. The summed E-state index contributed by atoms with van der Waals surface area (Å²) in [5.74, 6) is 0.812. The first-order valence-corrected chi connectivity index (χ1v) is 8.81. The van der Waals surface area contributed by atoms with Gasteiger partial charge in [0.05, 0.1) is 12.4 Å². The van der Waals surface area contributed by atoms with Crippen LogP contribution in [0.2, 0.25) is 0 Å². The maximum absolute atomic E-state index is 12.4. The first-order chi connectivity index (χ1) is 9.01. The van der Waals surface area contributed by atoms with Gasteiger partial charge in [-0.25, -0.2) is 8.42 Å². The highest BCUT2D eigenvalue weighted by molar-refractivity contribution is 7.89. The fraction of sp³-hybridized carbons (Fsp3) is 1.00. The van der Waals surface area contributed by atoms with Gasteiger partial charge in [0.1, 0.15) is 0 Å². The zero-order valence-corrected chi connectivity index (χ0v) is 13.2. The Morgan fingerprint density at radius 3 is 2.53 bits per heavy atom. The van der Waals surface area contributed by atoms with Crippen LogP contribution in [0.3, 0.4) is 0 Å². The predicted molar refractivity (Wildman–Crippen MR) is 77.7 cm³/mol. The van der Waals surface area contributed by atoms with E-state index in [-0.39, 0.29) is 11.8 Å². The Labute approximate surface area is 117 Å². The van der Waals surface area contributed by atoms with Crippen molar-refractivity contribution >= 4 is 10.0 Å². The summed E-state index contributed by atoms with van der Waals surface area (Å²) in [7, 11) is -1.56. The van der Waals surface area contributed by atoms with Gasteiger partial charge in [0, 0.05) is 19.7 Å². The van der Waals surface area contributed by atoms with Gasteiger partial charge in [0.2, 0.25) is 10.0 Å². The summed E-state index contributed by atoms with van der Waals surface area (Å²) in [6.07, 6.45) is 2.96. The SMILES string of the molecule is CCN(C(C)COC)S(=O)(=O)CCC1CCNCC1. The number of nitrogens with zero attached hydrogens (tertiary/aromatic N) is 1. The molecule has 5 nitrogen and oxygen atoms in total. The lowest BCUT2D eigenvalue weighted by Gasteiger charge is -2.28. The largest absolute Gasteiger partial charge is 0.383 e. The average Bonchev–Trinajstić information content (AvgIpc) is 2.38. The quantitative estimate of drug-likeness (QED) is 0.727. The molecule has 0 aliphatic carbocycles. The lowest BCUT2D eigenvalue weighted by Crippen LogP contribution is -2.42. The Hall–Kier alpha value is -0.170. The minimum Gasteiger partial charge on any atom is -0.383 e. The number of nitrogens with one attached hydrogen (secondary N) is 1. The molecule has 19 heavy (non-hydrogen) atoms. The van der Waals surface area contributed by atoms with Gasteiger partial charge in [-0.2, -0.15) is 4.31 Å². The number of piperidine rings is 1. The van der Waals surface area contributed by atoms with Crippen molar-refractivity contribution < 1.29 is 13.2 Å². The van der Waals surface area contributed by atoms with E-state index in [1.54, 1.807) is 11.4 Å². The number of sulfonamides is 1. The third kappa shape index (κ3) is 5.38. The first-order valence-electron chi connectivity index (χ1n) is 7.20. The van der Waals surface area contributed by atoms with Gasteiger partial charge in [-0.1, -0.05) is 6.92 Å². The van der Waals surface area contributed by atoms with E-state index in [9.17, 15) is 8.42 Å². The van der Waals surface area contributed by atoms with Crippen LogP contribution >= 0.6 is 0 Å². The molecule has 1 aliphatic rings. The second-order valence-electron chi connectivity index (χ2n) is 5.31. The van der Waals surface area contributed by atoms with E-state index in [1.165, 1.54) is 0 Å². The van der Waals surface area contributed by atoms with Gasteiger partial charge in [-0.3, -0.25) is 0 Å². The van der Waals surface area contributed by atoms with E-state index in [1.807, 2.05) is 13.8 Å². The van der Waals surface area contributed by atoms with Crippen LogP contribution in [0.15, 0.2) is 0 Å². The Morgan fingerprint density at radius 1 is 1.37 bits per heavy atom. The van der Waals surface area contributed by atoms with E-state index in [0.29, 0.717) is 19.1 Å². The molecular formula is C13H28N2O3S. The number of likely N-dealkylation sites (N-methyl/N-ethyl adjacent to an activating group) is 1. The molecule has 0 radical (unpaired) electrons. The third-order valence-electron chi connectivity index (χ3n) is 3.81. The smallest absolute Gasteiger partial charge is 0.214 e. The Morgan fingerprint density at radius 2 is 2.00 bits per heavy atom. The topological polar surface area (TPSA) is 58.6 Å². The summed E-state index contributed by atoms with van der Waals surface area (Å²) in [6, 6.07) is -0.0898. The summed E-state index contributed by atoms with van der Waals surface area (Å²) in [5.41, 5.74) is 0. The highest BCUT2D eigenvalue weighted by atomic mass is 32.2. The maximum atomic E-state index is 12.4. The summed E-state index contributed by atoms with van der Waals surface area (Å²) in [4.78, 5) is 0. The van der Waals surface area contributed by atoms with E-state index < -0.39 is 10.0 Å². The number of hydrogen-bond donors (Lipinski definition) is 1. The number of rotatable bonds is 8. The molecule has 114 valence electrons. The second-order valence-corrected chi connectivity index (χ2v) is 7.35. The molecule has 6 heteroatoms. The first kappa shape index (κ1) is 16.9. The summed E-state index contributed by atoms with van der Waals surface area (Å²) >= 11 is 0. The minimum absolute atomic E-state index is 0.0898. The van der Waals surface area contributed by atoms with Crippen molar-refractivity contribution in [3.8, 4) is 0 Å². The van der Waals surface area contributed by atoms with Crippen molar-refractivity contribution in [1.82, 2.24) is 9.62 Å². The average molecular weight is 292 g/mol. The highest BCUT2D eigenvalue weighted by Crippen LogP contribution is 2.18. The van der Waals surface area contributed by atoms with Crippen molar-refractivity contribution in [1.29, 1.82) is 0 Å². The zero-order chi connectivity index (χ0) is 14.3. The molecule has 0 aromatic carbocycles. The standard InChI is InChI=1S/C13H28N2O3S/c1-4-15(12(2)11-18-3)19(16,17)10-7-13-5-8-14-9-6-13/h12-14H,4-11H2,1-3H3. The van der Waals surface area contributed by atoms with Crippen molar-refractivity contribution in [3.05, 3.63) is 0 Å². The van der Waals surface area contributed by atoms with Crippen molar-refractivity contribution in [3.63, 3.8) is 0 Å². The van der Waals surface area contributed by atoms with E-state index >= 15 is 0 Å². The molecule has 0 aromatic rings. The summed E-state index contributed by atoms with van der Waals surface area (Å²) in [5, 5.41) is 3.30. The van der Waals surface area contributed by atoms with Gasteiger partial charge in [-0.15, -0.1) is 0 Å². The van der Waals surface area contributed by atoms with Crippen molar-refractivity contribution in [2.24, 2.45) is 5.92 Å². The van der Waals surface area contributed by atoms with Crippen LogP contribution in [0.1, 0.15) is 33.1 Å². The molecule has 0 saturated carbocycles. The third-order valence-corrected chi connectivity index (χ3v) is 5.90. The molecule has 1 aliphatic heterocycles. The fourth-order valence-corrected chi connectivity index (χ4v) is 4.58. The molecule has 0 aromatic heterocycles. The Bertz CT molecular complexity index is 340. The van der Waals surface area contributed by atoms with E-state index in [2.05, 4.69) is 5.32 Å². The zero-order valence-electron chi connectivity index (χ0n) is 12.4. The number of ether oxygens (including phenoxy) is 1. The lowest BCUT2D eigenvalue weighted by atomic mass is 9.96. The molecule has 0 bridgehead atoms. The predicted octanol–water partition coefficient (Wildman–Crippen LogP) is 1.06. The summed E-state index contributed by atoms with van der Waals surface area (Å²) in [6.45, 7) is 6.77. The molecule has 1 atom stereocenters. The van der Waals surface area contributed by atoms with Crippen LogP contribution in [0, 0.1) is 5.92 Å². The van der Waals surface area contributed by atoms with Gasteiger partial charge in [0.25, 0.3) is 0 Å². The Balaban J connectivity index is 2.52. The normalized spacial score (nSPS) is 19.8. The van der Waals surface area contributed by atoms with Crippen LogP contribution < -0.4 is 5.32 Å². The highest BCUT2D eigenvalue weighted by Gasteiger charge is 2.26. The van der Waals surface area contributed by atoms with Crippen LogP contribution in [-0.2, 0) is 14.8 Å². The van der Waals surface area contributed by atoms with Crippen molar-refractivity contribution in [2.75, 3.05) is 39.1 Å². The van der Waals surface area contributed by atoms with Gasteiger partial charge in [0.15, 0.2) is 0 Å². The van der Waals surface area contributed by atoms with Crippen LogP contribution in [-0.4, -0.2) is 57.9 Å². The fourth-order valence-electron chi connectivity index (χ4n) is 2.71. The van der Waals surface area contributed by atoms with Gasteiger partial charge < -0.3 is 10.1 Å². The molecule has 0 spiro atoms.